The van der Waals surface area contributed by atoms with Gasteiger partial charge in [0.15, 0.2) is 0 Å². The van der Waals surface area contributed by atoms with Crippen molar-refractivity contribution >= 4 is 74.8 Å². The molecule has 0 radical (unpaired) electrons. The Bertz CT molecular complexity index is 2020. The first kappa shape index (κ1) is 26.6. The quantitative estimate of drug-likeness (QED) is 0.216. The van der Waals surface area contributed by atoms with Crippen LogP contribution in [0.25, 0.3) is 63.1 Å². The first-order chi connectivity index (χ1) is 19.7. The van der Waals surface area contributed by atoms with E-state index in [0.29, 0.717) is 0 Å². The van der Waals surface area contributed by atoms with Gasteiger partial charge in [-0.3, -0.25) is 0 Å². The van der Waals surface area contributed by atoms with Crippen LogP contribution < -0.4 is 20.2 Å². The van der Waals surface area contributed by atoms with Gasteiger partial charge < -0.3 is 10.2 Å². The van der Waals surface area contributed by atoms with Crippen molar-refractivity contribution in [2.24, 2.45) is 0 Å². The van der Waals surface area contributed by atoms with Crippen molar-refractivity contribution in [3.05, 3.63) is 121 Å². The van der Waals surface area contributed by atoms with Crippen molar-refractivity contribution in [3.63, 3.8) is 0 Å². The number of H-pyrrole nitrogens is 2. The molecule has 0 aliphatic carbocycles. The van der Waals surface area contributed by atoms with Crippen LogP contribution in [-0.2, 0) is 0 Å². The normalized spacial score (nSPS) is 10.9. The van der Waals surface area contributed by atoms with Crippen molar-refractivity contribution < 1.29 is 20.2 Å². The van der Waals surface area contributed by atoms with Crippen molar-refractivity contribution in [3.8, 4) is 32.6 Å². The molecule has 0 bridgehead atoms. The second-order valence-electron chi connectivity index (χ2n) is 9.43. The number of hydrogen-bond donors (Lipinski definition) is 0. The molecule has 0 saturated carbocycles. The molecule has 0 unspecified atom stereocenters. The van der Waals surface area contributed by atoms with Gasteiger partial charge in [-0.1, -0.05) is 119 Å². The van der Waals surface area contributed by atoms with E-state index in [1.165, 1.54) is 30.9 Å². The molecule has 192 valence electrons. The summed E-state index contributed by atoms with van der Waals surface area (Å²) in [5.74, 6) is 0.110. The molecular formula is C34H22BeN2O2S2+2. The van der Waals surface area contributed by atoms with Gasteiger partial charge in [-0.05, 0) is 35.0 Å². The van der Waals surface area contributed by atoms with Crippen LogP contribution in [0.5, 0.6) is 11.5 Å². The number of rotatable bonds is 2. The Morgan fingerprint density at radius 1 is 0.439 bits per heavy atom. The predicted molar refractivity (Wildman–Crippen MR) is 167 cm³/mol. The molecule has 0 atom stereocenters. The van der Waals surface area contributed by atoms with E-state index in [1.807, 2.05) is 48.5 Å². The second-order valence-corrected chi connectivity index (χ2v) is 11.5. The fourth-order valence-electron chi connectivity index (χ4n) is 4.96. The number of thiazole rings is 2. The Morgan fingerprint density at radius 2 is 0.829 bits per heavy atom. The van der Waals surface area contributed by atoms with Crippen molar-refractivity contribution in [1.29, 1.82) is 0 Å². The molecular weight excluding hydrogens is 542 g/mol. The fourth-order valence-corrected chi connectivity index (χ4v) is 7.29. The molecule has 0 amide bonds. The fraction of sp³-hybridized carbons (Fsp3) is 0. The van der Waals surface area contributed by atoms with Crippen LogP contribution in [0, 0.1) is 0 Å². The van der Waals surface area contributed by atoms with Gasteiger partial charge in [-0.2, -0.15) is 9.97 Å². The van der Waals surface area contributed by atoms with Crippen LogP contribution in [0.15, 0.2) is 121 Å². The Hall–Kier alpha value is -4.61. The largest absolute Gasteiger partial charge is 2.00 e. The Balaban J connectivity index is 0.000000144. The first-order valence-corrected chi connectivity index (χ1v) is 14.5. The maximum absolute atomic E-state index is 11.9. The number of nitrogens with one attached hydrogen (secondary N) is 2. The molecule has 0 aliphatic rings. The van der Waals surface area contributed by atoms with Crippen LogP contribution in [0.2, 0.25) is 0 Å². The third kappa shape index (κ3) is 4.94. The van der Waals surface area contributed by atoms with Gasteiger partial charge in [0.1, 0.15) is 9.40 Å². The summed E-state index contributed by atoms with van der Waals surface area (Å²) in [4.78, 5) is 6.73. The molecule has 0 aliphatic heterocycles. The van der Waals surface area contributed by atoms with E-state index in [0.717, 1.165) is 32.2 Å². The molecule has 6 aromatic carbocycles. The van der Waals surface area contributed by atoms with E-state index in [9.17, 15) is 10.2 Å². The maximum Gasteiger partial charge on any atom is 2.00 e. The zero-order valence-corrected chi connectivity index (χ0v) is 23.5. The third-order valence-corrected chi connectivity index (χ3v) is 9.27. The number of hydrogen-bond acceptors (Lipinski definition) is 4. The number of aromatic amines is 2. The summed E-state index contributed by atoms with van der Waals surface area (Å²) in [5, 5.41) is 30.6. The Labute approximate surface area is 248 Å². The third-order valence-electron chi connectivity index (χ3n) is 6.93. The van der Waals surface area contributed by atoms with Gasteiger partial charge in [0.2, 0.25) is 11.0 Å². The van der Waals surface area contributed by atoms with E-state index >= 15 is 0 Å². The van der Waals surface area contributed by atoms with E-state index in [4.69, 9.17) is 0 Å². The van der Waals surface area contributed by atoms with Gasteiger partial charge >= 0.3 is 10.1 Å². The molecule has 4 nitrogen and oxygen atoms in total. The molecule has 2 heterocycles. The first-order valence-electron chi connectivity index (χ1n) is 12.9. The van der Waals surface area contributed by atoms with Gasteiger partial charge in [-0.25, -0.2) is 0 Å². The summed E-state index contributed by atoms with van der Waals surface area (Å²) in [6.07, 6.45) is 0. The van der Waals surface area contributed by atoms with Crippen molar-refractivity contribution in [2.75, 3.05) is 0 Å². The molecule has 0 fully saturated rings. The minimum Gasteiger partial charge on any atom is -0.872 e. The van der Waals surface area contributed by atoms with Crippen LogP contribution in [0.1, 0.15) is 0 Å². The predicted octanol–water partition coefficient (Wildman–Crippen LogP) is 6.84. The van der Waals surface area contributed by atoms with Gasteiger partial charge in [0.25, 0.3) is 10.0 Å². The van der Waals surface area contributed by atoms with E-state index < -0.39 is 0 Å². The smallest absolute Gasteiger partial charge is 0.872 e. The summed E-state index contributed by atoms with van der Waals surface area (Å²) in [6.45, 7) is 0. The molecule has 8 rings (SSSR count). The molecule has 2 N–H and O–H groups in total. The second kappa shape index (κ2) is 11.1. The van der Waals surface area contributed by atoms with Crippen molar-refractivity contribution in [1.82, 2.24) is 0 Å². The van der Waals surface area contributed by atoms with Crippen LogP contribution >= 0.6 is 22.7 Å². The number of benzene rings is 6. The SMILES string of the molecule is [Be+2].[O-]c1ccccc1-c1[nH+]c2ccc3ccccc3c2s1.[O-]c1ccccc1-c1[nH+]c2ccc3ccccc3c2s1. The summed E-state index contributed by atoms with van der Waals surface area (Å²) < 4.78 is 2.39. The number of aromatic nitrogens is 2. The maximum atomic E-state index is 11.9. The van der Waals surface area contributed by atoms with E-state index in [1.54, 1.807) is 46.9 Å². The summed E-state index contributed by atoms with van der Waals surface area (Å²) in [7, 11) is 0. The average Bonchev–Trinajstić information content (AvgIpc) is 3.63. The Morgan fingerprint density at radius 3 is 1.27 bits per heavy atom. The van der Waals surface area contributed by atoms with Crippen molar-refractivity contribution in [2.45, 2.75) is 0 Å². The zero-order chi connectivity index (χ0) is 27.1. The number of para-hydroxylation sites is 2. The molecule has 8 aromatic rings. The minimum absolute atomic E-state index is 0. The Kier molecular flexibility index (Phi) is 7.21. The summed E-state index contributed by atoms with van der Waals surface area (Å²) in [6, 6.07) is 39.3. The molecule has 41 heavy (non-hydrogen) atoms. The van der Waals surface area contributed by atoms with E-state index in [-0.39, 0.29) is 21.6 Å². The minimum atomic E-state index is 0. The van der Waals surface area contributed by atoms with Crippen LogP contribution in [-0.4, -0.2) is 10.1 Å². The zero-order valence-electron chi connectivity index (χ0n) is 21.9. The van der Waals surface area contributed by atoms with Gasteiger partial charge in [0.05, 0.1) is 0 Å². The average molecular weight is 564 g/mol. The van der Waals surface area contributed by atoms with E-state index in [2.05, 4.69) is 58.5 Å². The monoisotopic (exact) mass is 563 g/mol. The number of fused-ring (bicyclic) bond motifs is 6. The standard InChI is InChI=1S/2C17H11NOS.Be/c2*19-15-8-4-3-7-13(15)17-18-14-10-9-11-5-1-2-6-12(11)16(14)20-17;/h2*1-10,19H;/q;;+2. The van der Waals surface area contributed by atoms with Crippen LogP contribution in [0.3, 0.4) is 0 Å². The molecule has 2 aromatic heterocycles. The molecule has 0 saturated heterocycles. The summed E-state index contributed by atoms with van der Waals surface area (Å²) >= 11 is 3.28. The molecule has 7 heteroatoms. The van der Waals surface area contributed by atoms with Crippen LogP contribution in [0.4, 0.5) is 0 Å². The topological polar surface area (TPSA) is 74.4 Å². The van der Waals surface area contributed by atoms with Gasteiger partial charge in [0, 0.05) is 34.0 Å². The summed E-state index contributed by atoms with van der Waals surface area (Å²) in [5.41, 5.74) is 3.62. The van der Waals surface area contributed by atoms with Gasteiger partial charge in [-0.15, -0.1) is 0 Å². The molecule has 0 spiro atoms.